The van der Waals surface area contributed by atoms with Crippen LogP contribution in [0.4, 0.5) is 55.5 Å². The molecule has 2 aromatic carbocycles. The zero-order valence-corrected chi connectivity index (χ0v) is 16.4. The number of alkyl halides is 9. The lowest BCUT2D eigenvalue weighted by Crippen LogP contribution is -2.27. The molecular weight excluding hydrogens is 488 g/mol. The van der Waals surface area contributed by atoms with Crippen LogP contribution in [0.15, 0.2) is 53.3 Å². The van der Waals surface area contributed by atoms with E-state index in [2.05, 4.69) is 4.98 Å². The van der Waals surface area contributed by atoms with Gasteiger partial charge in [0.05, 0.1) is 23.4 Å². The maximum atomic E-state index is 13.4. The van der Waals surface area contributed by atoms with Gasteiger partial charge in [0.25, 0.3) is 5.56 Å². The molecule has 0 saturated heterocycles. The van der Waals surface area contributed by atoms with Crippen molar-refractivity contribution < 1.29 is 43.9 Å². The first-order valence-corrected chi connectivity index (χ1v) is 9.04. The number of benzene rings is 2. The Morgan fingerprint density at radius 3 is 1.94 bits per heavy atom. The Hall–Kier alpha value is -3.58. The van der Waals surface area contributed by atoms with Crippen LogP contribution in [0.3, 0.4) is 0 Å². The van der Waals surface area contributed by atoms with Crippen molar-refractivity contribution in [1.82, 2.24) is 9.55 Å². The highest BCUT2D eigenvalue weighted by Gasteiger charge is 2.39. The van der Waals surface area contributed by atoms with E-state index in [1.54, 1.807) is 0 Å². The first-order valence-electron chi connectivity index (χ1n) is 9.04. The lowest BCUT2D eigenvalue weighted by molar-refractivity contribution is -0.143. The van der Waals surface area contributed by atoms with Crippen LogP contribution in [0.25, 0.3) is 0 Å². The Kier molecular flexibility index (Phi) is 6.37. The summed E-state index contributed by atoms with van der Waals surface area (Å²) in [6, 6.07) is 4.81. The van der Waals surface area contributed by atoms with E-state index in [9.17, 15) is 48.7 Å². The minimum Gasteiger partial charge on any atom is -0.325 e. The van der Waals surface area contributed by atoms with Gasteiger partial charge in [0.15, 0.2) is 5.69 Å². The number of hydrogen-bond acceptors (Lipinski definition) is 3. The van der Waals surface area contributed by atoms with E-state index in [4.69, 9.17) is 0 Å². The average molecular weight is 499 g/mol. The van der Waals surface area contributed by atoms with Gasteiger partial charge in [-0.05, 0) is 35.9 Å². The van der Waals surface area contributed by atoms with Gasteiger partial charge in [-0.3, -0.25) is 9.36 Å². The topological polar surface area (TPSA) is 46.9 Å². The fourth-order valence-corrected chi connectivity index (χ4v) is 2.86. The minimum absolute atomic E-state index is 0.103. The number of aromatic nitrogens is 2. The van der Waals surface area contributed by atoms with Crippen LogP contribution in [0.5, 0.6) is 0 Å². The van der Waals surface area contributed by atoms with Crippen LogP contribution in [-0.2, 0) is 25.1 Å². The van der Waals surface area contributed by atoms with Gasteiger partial charge in [-0.15, -0.1) is 0 Å². The third-order valence-corrected chi connectivity index (χ3v) is 4.45. The highest BCUT2D eigenvalue weighted by Crippen LogP contribution is 2.40. The third-order valence-electron chi connectivity index (χ3n) is 4.45. The van der Waals surface area contributed by atoms with Crippen LogP contribution in [0.1, 0.15) is 22.4 Å². The molecule has 0 radical (unpaired) electrons. The molecule has 1 aromatic heterocycles. The fraction of sp³-hybridized carbons (Fsp3) is 0.200. The van der Waals surface area contributed by atoms with Gasteiger partial charge >= 0.3 is 18.5 Å². The molecule has 0 unspecified atom stereocenters. The largest absolute Gasteiger partial charge is 0.433 e. The summed E-state index contributed by atoms with van der Waals surface area (Å²) in [7, 11) is 0. The van der Waals surface area contributed by atoms with Crippen LogP contribution in [0, 0.1) is 5.82 Å². The highest BCUT2D eigenvalue weighted by molar-refractivity contribution is 5.61. The Labute approximate surface area is 183 Å². The molecule has 1 N–H and O–H groups in total. The van der Waals surface area contributed by atoms with E-state index in [0.29, 0.717) is 10.6 Å². The first kappa shape index (κ1) is 25.1. The molecule has 1 heterocycles. The first-order chi connectivity index (χ1) is 15.6. The van der Waals surface area contributed by atoms with Crippen molar-refractivity contribution in [3.63, 3.8) is 0 Å². The lowest BCUT2D eigenvalue weighted by atomic mass is 10.1. The maximum Gasteiger partial charge on any atom is 0.433 e. The van der Waals surface area contributed by atoms with Crippen LogP contribution in [-0.4, -0.2) is 9.55 Å². The van der Waals surface area contributed by atoms with Gasteiger partial charge in [0, 0.05) is 6.07 Å². The van der Waals surface area contributed by atoms with Crippen molar-refractivity contribution in [3.05, 3.63) is 87.1 Å². The Morgan fingerprint density at radius 2 is 1.41 bits per heavy atom. The van der Waals surface area contributed by atoms with Gasteiger partial charge in [-0.2, -0.15) is 39.5 Å². The van der Waals surface area contributed by atoms with Gasteiger partial charge in [-0.1, -0.05) is 12.1 Å². The predicted octanol–water partition coefficient (Wildman–Crippen LogP) is 6.23. The molecule has 0 aliphatic carbocycles. The molecule has 0 spiro atoms. The molecule has 3 aromatic rings. The van der Waals surface area contributed by atoms with Crippen molar-refractivity contribution in [2.24, 2.45) is 0 Å². The quantitative estimate of drug-likeness (QED) is 0.433. The number of rotatable bonds is 4. The second kappa shape index (κ2) is 8.65. The van der Waals surface area contributed by atoms with E-state index >= 15 is 0 Å². The summed E-state index contributed by atoms with van der Waals surface area (Å²) in [5, 5.41) is 1.90. The Morgan fingerprint density at radius 1 is 0.794 bits per heavy atom. The number of anilines is 2. The van der Waals surface area contributed by atoms with Crippen molar-refractivity contribution in [2.75, 3.05) is 5.32 Å². The van der Waals surface area contributed by atoms with Crippen molar-refractivity contribution in [3.8, 4) is 0 Å². The van der Waals surface area contributed by atoms with Gasteiger partial charge in [0.1, 0.15) is 5.82 Å². The summed E-state index contributed by atoms with van der Waals surface area (Å²) >= 11 is 0. The van der Waals surface area contributed by atoms with E-state index < -0.39 is 64.9 Å². The summed E-state index contributed by atoms with van der Waals surface area (Å²) < 4.78 is 132. The summed E-state index contributed by atoms with van der Waals surface area (Å²) in [5.74, 6) is -1.69. The minimum atomic E-state index is -5.34. The van der Waals surface area contributed by atoms with Crippen molar-refractivity contribution in [1.29, 1.82) is 0 Å². The SMILES string of the molecule is O=c1cc(C(F)(F)F)nc(Nc2ccc(C(F)(F)F)cc2C(F)(F)F)n1Cc1ccc(F)cc1. The molecule has 0 bridgehead atoms. The molecule has 0 amide bonds. The molecular formula is C20H11F10N3O. The van der Waals surface area contributed by atoms with E-state index in [1.165, 1.54) is 12.1 Å². The monoisotopic (exact) mass is 499 g/mol. The van der Waals surface area contributed by atoms with Gasteiger partial charge < -0.3 is 5.32 Å². The second-order valence-electron chi connectivity index (χ2n) is 6.89. The summed E-state index contributed by atoms with van der Waals surface area (Å²) in [5.41, 5.74) is -7.45. The van der Waals surface area contributed by atoms with Crippen LogP contribution < -0.4 is 10.9 Å². The maximum absolute atomic E-state index is 13.4. The molecule has 0 aliphatic rings. The number of hydrogen-bond donors (Lipinski definition) is 1. The standard InChI is InChI=1S/C20H11F10N3O/c21-12-4-1-10(2-5-12)9-33-16(34)8-15(20(28,29)30)32-17(33)31-14-6-3-11(18(22,23)24)7-13(14)19(25,26)27/h1-8H,9H2,(H,31,32). The Balaban J connectivity index is 2.17. The molecule has 0 atom stereocenters. The van der Waals surface area contributed by atoms with E-state index in [1.807, 2.05) is 5.32 Å². The average Bonchev–Trinajstić information content (AvgIpc) is 2.69. The van der Waals surface area contributed by atoms with E-state index in [-0.39, 0.29) is 23.8 Å². The summed E-state index contributed by atoms with van der Waals surface area (Å²) in [6.45, 7) is -0.533. The molecule has 182 valence electrons. The van der Waals surface area contributed by atoms with Crippen molar-refractivity contribution in [2.45, 2.75) is 25.1 Å². The second-order valence-corrected chi connectivity index (χ2v) is 6.89. The third kappa shape index (κ3) is 5.66. The molecule has 3 rings (SSSR count). The predicted molar refractivity (Wildman–Crippen MR) is 98.7 cm³/mol. The van der Waals surface area contributed by atoms with Crippen molar-refractivity contribution >= 4 is 11.6 Å². The molecule has 14 heteroatoms. The zero-order valence-electron chi connectivity index (χ0n) is 16.4. The van der Waals surface area contributed by atoms with Crippen LogP contribution >= 0.6 is 0 Å². The fourth-order valence-electron chi connectivity index (χ4n) is 2.86. The summed E-state index contributed by atoms with van der Waals surface area (Å²) in [4.78, 5) is 15.5. The molecule has 0 aliphatic heterocycles. The molecule has 34 heavy (non-hydrogen) atoms. The molecule has 0 saturated carbocycles. The molecule has 0 fully saturated rings. The van der Waals surface area contributed by atoms with Crippen LogP contribution in [0.2, 0.25) is 0 Å². The van der Waals surface area contributed by atoms with Gasteiger partial charge in [0.2, 0.25) is 5.95 Å². The zero-order chi connectivity index (χ0) is 25.5. The number of nitrogens with one attached hydrogen (secondary N) is 1. The van der Waals surface area contributed by atoms with Gasteiger partial charge in [-0.25, -0.2) is 9.37 Å². The lowest BCUT2D eigenvalue weighted by Gasteiger charge is -2.19. The highest BCUT2D eigenvalue weighted by atomic mass is 19.4. The number of halogens is 10. The summed E-state index contributed by atoms with van der Waals surface area (Å²) in [6.07, 6.45) is -15.6. The van der Waals surface area contributed by atoms with E-state index in [0.717, 1.165) is 12.1 Å². The molecule has 4 nitrogen and oxygen atoms in total. The smallest absolute Gasteiger partial charge is 0.325 e. The number of nitrogens with zero attached hydrogens (tertiary/aromatic N) is 2. The Bertz CT molecular complexity index is 1240. The normalized spacial score (nSPS) is 12.6.